The molecule has 0 unspecified atom stereocenters. The molecule has 0 radical (unpaired) electrons. The molecular weight excluding hydrogens is 520 g/mol. The summed E-state index contributed by atoms with van der Waals surface area (Å²) < 4.78 is 6.72. The van der Waals surface area contributed by atoms with Crippen LogP contribution < -0.4 is 0 Å². The molecule has 200 valence electrons. The van der Waals surface area contributed by atoms with E-state index >= 15 is 0 Å². The topological polar surface area (TPSA) is 13.1 Å². The number of hydrogen-bond donors (Lipinski definition) is 0. The minimum Gasteiger partial charge on any atom is -0.455 e. The molecule has 0 fully saturated rings. The third-order valence-electron chi connectivity index (χ3n) is 8.82. The van der Waals surface area contributed by atoms with Crippen LogP contribution in [0, 0.1) is 0 Å². The van der Waals surface area contributed by atoms with E-state index in [-0.39, 0.29) is 0 Å². The fourth-order valence-electron chi connectivity index (χ4n) is 6.89. The Bertz CT molecular complexity index is 2440. The van der Waals surface area contributed by atoms with Gasteiger partial charge in [-0.15, -0.1) is 0 Å². The predicted octanol–water partition coefficient (Wildman–Crippen LogP) is 12.0. The van der Waals surface area contributed by atoms with Gasteiger partial charge >= 0.3 is 0 Å². The molecule has 43 heavy (non-hydrogen) atoms. The highest BCUT2D eigenvalue weighted by molar-refractivity contribution is 6.24. The van der Waals surface area contributed by atoms with Gasteiger partial charge < -0.3 is 4.42 Å². The minimum atomic E-state index is 0.920. The molecule has 0 amide bonds. The average Bonchev–Trinajstić information content (AvgIpc) is 3.44. The van der Waals surface area contributed by atoms with E-state index in [1.54, 1.807) is 0 Å². The standard InChI is InChI=1S/C42H26O/c1-2-12-27(13-3-1)28-16-10-17-31(24-28)40-32-18-6-8-20-34(32)41(35-21-9-7-19-33(35)40)37-23-11-22-36-38-25-29-14-4-5-15-30(29)26-39(38)43-42(36)37/h1-26H. The van der Waals surface area contributed by atoms with E-state index in [4.69, 9.17) is 4.42 Å². The molecule has 0 saturated carbocycles. The van der Waals surface area contributed by atoms with Crippen LogP contribution in [0.3, 0.4) is 0 Å². The Kier molecular flexibility index (Phi) is 5.27. The molecule has 1 aromatic heterocycles. The van der Waals surface area contributed by atoms with Crippen LogP contribution in [-0.4, -0.2) is 0 Å². The normalized spacial score (nSPS) is 11.7. The number of benzene rings is 8. The monoisotopic (exact) mass is 546 g/mol. The van der Waals surface area contributed by atoms with E-state index in [1.807, 2.05) is 0 Å². The van der Waals surface area contributed by atoms with Crippen molar-refractivity contribution in [1.82, 2.24) is 0 Å². The number of furan rings is 1. The summed E-state index contributed by atoms with van der Waals surface area (Å²) in [6, 6.07) is 56.7. The van der Waals surface area contributed by atoms with Gasteiger partial charge in [-0.2, -0.15) is 0 Å². The van der Waals surface area contributed by atoms with Crippen LogP contribution in [0.25, 0.3) is 87.6 Å². The maximum atomic E-state index is 6.72. The largest absolute Gasteiger partial charge is 0.455 e. The molecule has 1 nitrogen and oxygen atoms in total. The van der Waals surface area contributed by atoms with Gasteiger partial charge in [0.2, 0.25) is 0 Å². The lowest BCUT2D eigenvalue weighted by atomic mass is 9.85. The average molecular weight is 547 g/mol. The Morgan fingerprint density at radius 1 is 0.326 bits per heavy atom. The number of hydrogen-bond acceptors (Lipinski definition) is 1. The van der Waals surface area contributed by atoms with Crippen molar-refractivity contribution in [2.45, 2.75) is 0 Å². The maximum Gasteiger partial charge on any atom is 0.143 e. The van der Waals surface area contributed by atoms with Crippen LogP contribution in [0.5, 0.6) is 0 Å². The Morgan fingerprint density at radius 3 is 1.58 bits per heavy atom. The quantitative estimate of drug-likeness (QED) is 0.201. The van der Waals surface area contributed by atoms with Crippen molar-refractivity contribution in [3.05, 3.63) is 158 Å². The lowest BCUT2D eigenvalue weighted by Crippen LogP contribution is -1.91. The third-order valence-corrected chi connectivity index (χ3v) is 8.82. The molecule has 0 aliphatic heterocycles. The molecule has 0 bridgehead atoms. The molecule has 0 N–H and O–H groups in total. The highest BCUT2D eigenvalue weighted by Gasteiger charge is 2.20. The van der Waals surface area contributed by atoms with Crippen LogP contribution >= 0.6 is 0 Å². The van der Waals surface area contributed by atoms with Crippen LogP contribution in [0.2, 0.25) is 0 Å². The van der Waals surface area contributed by atoms with Crippen molar-refractivity contribution in [3.8, 4) is 33.4 Å². The number of para-hydroxylation sites is 1. The smallest absolute Gasteiger partial charge is 0.143 e. The van der Waals surface area contributed by atoms with Crippen LogP contribution in [0.15, 0.2) is 162 Å². The van der Waals surface area contributed by atoms with Gasteiger partial charge in [0, 0.05) is 21.9 Å². The Hall–Kier alpha value is -5.66. The van der Waals surface area contributed by atoms with Crippen molar-refractivity contribution < 1.29 is 4.42 Å². The molecule has 1 heterocycles. The van der Waals surface area contributed by atoms with Gasteiger partial charge in [-0.25, -0.2) is 0 Å². The zero-order valence-corrected chi connectivity index (χ0v) is 23.4. The molecule has 1 heteroatoms. The van der Waals surface area contributed by atoms with E-state index in [0.717, 1.165) is 27.5 Å². The molecule has 0 spiro atoms. The first kappa shape index (κ1) is 24.0. The van der Waals surface area contributed by atoms with Crippen LogP contribution in [-0.2, 0) is 0 Å². The van der Waals surface area contributed by atoms with Crippen molar-refractivity contribution >= 4 is 54.3 Å². The fraction of sp³-hybridized carbons (Fsp3) is 0. The second-order valence-electron chi connectivity index (χ2n) is 11.3. The summed E-state index contributed by atoms with van der Waals surface area (Å²) in [4.78, 5) is 0. The first-order valence-corrected chi connectivity index (χ1v) is 14.8. The van der Waals surface area contributed by atoms with Crippen LogP contribution in [0.4, 0.5) is 0 Å². The van der Waals surface area contributed by atoms with Crippen molar-refractivity contribution in [1.29, 1.82) is 0 Å². The zero-order chi connectivity index (χ0) is 28.3. The van der Waals surface area contributed by atoms with E-state index in [2.05, 4.69) is 158 Å². The SMILES string of the molecule is c1ccc(-c2cccc(-c3c4ccccc4c(-c4cccc5c4oc4cc6ccccc6cc45)c4ccccc34)c2)cc1. The molecule has 9 rings (SSSR count). The summed E-state index contributed by atoms with van der Waals surface area (Å²) in [5, 5.41) is 9.62. The van der Waals surface area contributed by atoms with E-state index < -0.39 is 0 Å². The summed E-state index contributed by atoms with van der Waals surface area (Å²) in [6.45, 7) is 0. The second kappa shape index (κ2) is 9.44. The summed E-state index contributed by atoms with van der Waals surface area (Å²) >= 11 is 0. The molecule has 0 aliphatic rings. The third kappa shape index (κ3) is 3.72. The molecule has 0 aliphatic carbocycles. The molecule has 9 aromatic rings. The molecule has 0 atom stereocenters. The van der Waals surface area contributed by atoms with Gasteiger partial charge in [0.05, 0.1) is 0 Å². The lowest BCUT2D eigenvalue weighted by Gasteiger charge is -2.18. The van der Waals surface area contributed by atoms with E-state index in [9.17, 15) is 0 Å². The molecule has 8 aromatic carbocycles. The second-order valence-corrected chi connectivity index (χ2v) is 11.3. The summed E-state index contributed by atoms with van der Waals surface area (Å²) in [5.74, 6) is 0. The summed E-state index contributed by atoms with van der Waals surface area (Å²) in [5.41, 5.74) is 9.10. The maximum absolute atomic E-state index is 6.72. The van der Waals surface area contributed by atoms with Crippen LogP contribution in [0.1, 0.15) is 0 Å². The fourth-order valence-corrected chi connectivity index (χ4v) is 6.89. The van der Waals surface area contributed by atoms with Gasteiger partial charge in [-0.3, -0.25) is 0 Å². The zero-order valence-electron chi connectivity index (χ0n) is 23.4. The van der Waals surface area contributed by atoms with Crippen molar-refractivity contribution in [3.63, 3.8) is 0 Å². The molecular formula is C42H26O. The Balaban J connectivity index is 1.37. The number of fused-ring (bicyclic) bond motifs is 6. The minimum absolute atomic E-state index is 0.920. The van der Waals surface area contributed by atoms with Gasteiger partial charge in [0.25, 0.3) is 0 Å². The van der Waals surface area contributed by atoms with Gasteiger partial charge in [0.1, 0.15) is 11.2 Å². The van der Waals surface area contributed by atoms with Crippen molar-refractivity contribution in [2.75, 3.05) is 0 Å². The molecule has 0 saturated heterocycles. The summed E-state index contributed by atoms with van der Waals surface area (Å²) in [6.07, 6.45) is 0. The predicted molar refractivity (Wildman–Crippen MR) is 183 cm³/mol. The van der Waals surface area contributed by atoms with Crippen molar-refractivity contribution in [2.24, 2.45) is 0 Å². The number of rotatable bonds is 3. The first-order chi connectivity index (χ1) is 21.3. The lowest BCUT2D eigenvalue weighted by molar-refractivity contribution is 0.670. The van der Waals surface area contributed by atoms with E-state index in [1.165, 1.54) is 60.1 Å². The van der Waals surface area contributed by atoms with Gasteiger partial charge in [0.15, 0.2) is 0 Å². The van der Waals surface area contributed by atoms with Gasteiger partial charge in [-0.1, -0.05) is 140 Å². The summed E-state index contributed by atoms with van der Waals surface area (Å²) in [7, 11) is 0. The van der Waals surface area contributed by atoms with Gasteiger partial charge in [-0.05, 0) is 72.8 Å². The Morgan fingerprint density at radius 2 is 0.860 bits per heavy atom. The highest BCUT2D eigenvalue weighted by atomic mass is 16.3. The Labute approximate surface area is 249 Å². The first-order valence-electron chi connectivity index (χ1n) is 14.8. The highest BCUT2D eigenvalue weighted by Crippen LogP contribution is 2.47. The van der Waals surface area contributed by atoms with E-state index in [0.29, 0.717) is 0 Å².